The van der Waals surface area contributed by atoms with E-state index < -0.39 is 0 Å². The molecule has 1 aliphatic carbocycles. The van der Waals surface area contributed by atoms with Crippen molar-refractivity contribution in [3.8, 4) is 0 Å². The normalized spacial score (nSPS) is 28.1. The molecule has 0 saturated heterocycles. The zero-order valence-electron chi connectivity index (χ0n) is 7.98. The summed E-state index contributed by atoms with van der Waals surface area (Å²) >= 11 is 0. The van der Waals surface area contributed by atoms with Crippen molar-refractivity contribution in [1.82, 2.24) is 20.1 Å². The molecule has 0 aliphatic heterocycles. The van der Waals surface area contributed by atoms with E-state index in [4.69, 9.17) is 0 Å². The molecule has 0 aromatic carbocycles. The third-order valence-corrected chi connectivity index (χ3v) is 2.72. The van der Waals surface area contributed by atoms with Gasteiger partial charge in [0.15, 0.2) is 0 Å². The second kappa shape index (κ2) is 3.87. The zero-order valence-corrected chi connectivity index (χ0v) is 7.98. The third kappa shape index (κ3) is 1.72. The Morgan fingerprint density at radius 1 is 1.54 bits per heavy atom. The van der Waals surface area contributed by atoms with Crippen molar-refractivity contribution in [2.45, 2.75) is 38.3 Å². The van der Waals surface area contributed by atoms with Gasteiger partial charge in [0.2, 0.25) is 0 Å². The Kier molecular flexibility index (Phi) is 2.59. The van der Waals surface area contributed by atoms with Crippen molar-refractivity contribution in [2.75, 3.05) is 6.54 Å². The van der Waals surface area contributed by atoms with Crippen molar-refractivity contribution in [3.05, 3.63) is 12.7 Å². The molecular formula is C9H16N4. The van der Waals surface area contributed by atoms with Gasteiger partial charge in [0.1, 0.15) is 12.7 Å². The first-order valence-electron chi connectivity index (χ1n) is 4.99. The molecule has 2 unspecified atom stereocenters. The number of hydrogen-bond acceptors (Lipinski definition) is 3. The Hall–Kier alpha value is -0.900. The first kappa shape index (κ1) is 8.69. The van der Waals surface area contributed by atoms with Gasteiger partial charge in [-0.15, -0.1) is 0 Å². The second-order valence-corrected chi connectivity index (χ2v) is 3.54. The van der Waals surface area contributed by atoms with Crippen molar-refractivity contribution in [2.24, 2.45) is 0 Å². The fourth-order valence-electron chi connectivity index (χ4n) is 2.15. The highest BCUT2D eigenvalue weighted by molar-refractivity contribution is 4.86. The van der Waals surface area contributed by atoms with Crippen LogP contribution in [-0.4, -0.2) is 27.4 Å². The maximum atomic E-state index is 4.20. The fourth-order valence-corrected chi connectivity index (χ4v) is 2.15. The van der Waals surface area contributed by atoms with Crippen molar-refractivity contribution in [3.63, 3.8) is 0 Å². The molecule has 1 saturated carbocycles. The molecule has 1 fully saturated rings. The van der Waals surface area contributed by atoms with Gasteiger partial charge in [-0.05, 0) is 25.8 Å². The number of aromatic nitrogens is 3. The van der Waals surface area contributed by atoms with E-state index in [2.05, 4.69) is 22.3 Å². The van der Waals surface area contributed by atoms with Gasteiger partial charge in [-0.25, -0.2) is 9.67 Å². The third-order valence-electron chi connectivity index (χ3n) is 2.72. The van der Waals surface area contributed by atoms with Gasteiger partial charge in [-0.3, -0.25) is 0 Å². The van der Waals surface area contributed by atoms with Crippen molar-refractivity contribution >= 4 is 0 Å². The van der Waals surface area contributed by atoms with E-state index in [1.54, 1.807) is 6.33 Å². The SMILES string of the molecule is CCNC1CCCC1n1cncn1. The van der Waals surface area contributed by atoms with Crippen LogP contribution in [0.4, 0.5) is 0 Å². The molecule has 0 spiro atoms. The number of nitrogens with one attached hydrogen (secondary N) is 1. The maximum Gasteiger partial charge on any atom is 0.137 e. The van der Waals surface area contributed by atoms with Crippen LogP contribution < -0.4 is 5.32 Å². The van der Waals surface area contributed by atoms with Crippen LogP contribution in [0, 0.1) is 0 Å². The average molecular weight is 180 g/mol. The van der Waals surface area contributed by atoms with E-state index in [0.29, 0.717) is 12.1 Å². The molecule has 0 radical (unpaired) electrons. The molecule has 1 N–H and O–H groups in total. The molecule has 72 valence electrons. The Morgan fingerprint density at radius 3 is 3.15 bits per heavy atom. The summed E-state index contributed by atoms with van der Waals surface area (Å²) in [5.74, 6) is 0. The van der Waals surface area contributed by atoms with Crippen LogP contribution in [-0.2, 0) is 0 Å². The largest absolute Gasteiger partial charge is 0.312 e. The highest BCUT2D eigenvalue weighted by atomic mass is 15.3. The lowest BCUT2D eigenvalue weighted by Gasteiger charge is -2.19. The predicted molar refractivity (Wildman–Crippen MR) is 50.4 cm³/mol. The van der Waals surface area contributed by atoms with E-state index >= 15 is 0 Å². The lowest BCUT2D eigenvalue weighted by atomic mass is 10.2. The van der Waals surface area contributed by atoms with E-state index in [1.807, 2.05) is 11.0 Å². The Morgan fingerprint density at radius 2 is 2.46 bits per heavy atom. The van der Waals surface area contributed by atoms with Crippen LogP contribution in [0.1, 0.15) is 32.2 Å². The molecule has 0 bridgehead atoms. The summed E-state index contributed by atoms with van der Waals surface area (Å²) < 4.78 is 1.99. The molecule has 4 nitrogen and oxygen atoms in total. The molecule has 2 atom stereocenters. The van der Waals surface area contributed by atoms with Crippen LogP contribution in [0.3, 0.4) is 0 Å². The molecule has 1 aromatic heterocycles. The van der Waals surface area contributed by atoms with Crippen molar-refractivity contribution in [1.29, 1.82) is 0 Å². The molecule has 1 aromatic rings. The molecule has 13 heavy (non-hydrogen) atoms. The molecule has 4 heteroatoms. The van der Waals surface area contributed by atoms with Crippen LogP contribution in [0.25, 0.3) is 0 Å². The van der Waals surface area contributed by atoms with E-state index in [0.717, 1.165) is 6.54 Å². The van der Waals surface area contributed by atoms with Gasteiger partial charge in [0.05, 0.1) is 6.04 Å². The summed E-state index contributed by atoms with van der Waals surface area (Å²) in [5.41, 5.74) is 0. The second-order valence-electron chi connectivity index (χ2n) is 3.54. The maximum absolute atomic E-state index is 4.20. The van der Waals surface area contributed by atoms with E-state index in [9.17, 15) is 0 Å². The number of likely N-dealkylation sites (N-methyl/N-ethyl adjacent to an activating group) is 1. The monoisotopic (exact) mass is 180 g/mol. The summed E-state index contributed by atoms with van der Waals surface area (Å²) in [7, 11) is 0. The van der Waals surface area contributed by atoms with Crippen LogP contribution in [0.5, 0.6) is 0 Å². The van der Waals surface area contributed by atoms with Crippen LogP contribution in [0.15, 0.2) is 12.7 Å². The van der Waals surface area contributed by atoms with Gasteiger partial charge >= 0.3 is 0 Å². The van der Waals surface area contributed by atoms with Gasteiger partial charge in [-0.2, -0.15) is 5.10 Å². The van der Waals surface area contributed by atoms with Crippen LogP contribution >= 0.6 is 0 Å². The smallest absolute Gasteiger partial charge is 0.137 e. The van der Waals surface area contributed by atoms with Crippen LogP contribution in [0.2, 0.25) is 0 Å². The van der Waals surface area contributed by atoms with Crippen molar-refractivity contribution < 1.29 is 0 Å². The predicted octanol–water partition coefficient (Wildman–Crippen LogP) is 0.981. The number of rotatable bonds is 3. The Bertz CT molecular complexity index is 244. The average Bonchev–Trinajstić information content (AvgIpc) is 2.71. The summed E-state index contributed by atoms with van der Waals surface area (Å²) in [4.78, 5) is 3.99. The Labute approximate surface area is 78.4 Å². The quantitative estimate of drug-likeness (QED) is 0.754. The number of hydrogen-bond donors (Lipinski definition) is 1. The lowest BCUT2D eigenvalue weighted by Crippen LogP contribution is -2.33. The van der Waals surface area contributed by atoms with E-state index in [1.165, 1.54) is 19.3 Å². The standard InChI is InChI=1S/C9H16N4/c1-2-11-8-4-3-5-9(8)13-7-10-6-12-13/h6-9,11H,2-5H2,1H3. The first-order valence-corrected chi connectivity index (χ1v) is 4.99. The topological polar surface area (TPSA) is 42.7 Å². The lowest BCUT2D eigenvalue weighted by molar-refractivity contribution is 0.370. The van der Waals surface area contributed by atoms with Gasteiger partial charge < -0.3 is 5.32 Å². The zero-order chi connectivity index (χ0) is 9.10. The minimum absolute atomic E-state index is 0.516. The highest BCUT2D eigenvalue weighted by Crippen LogP contribution is 2.28. The highest BCUT2D eigenvalue weighted by Gasteiger charge is 2.28. The van der Waals surface area contributed by atoms with E-state index in [-0.39, 0.29) is 0 Å². The minimum Gasteiger partial charge on any atom is -0.312 e. The Balaban J connectivity index is 2.05. The molecule has 0 amide bonds. The minimum atomic E-state index is 0.516. The van der Waals surface area contributed by atoms with Gasteiger partial charge in [0.25, 0.3) is 0 Å². The van der Waals surface area contributed by atoms with Gasteiger partial charge in [0, 0.05) is 6.04 Å². The summed E-state index contributed by atoms with van der Waals surface area (Å²) in [6.45, 7) is 3.19. The molecule has 1 heterocycles. The summed E-state index contributed by atoms with van der Waals surface area (Å²) in [6.07, 6.45) is 7.21. The fraction of sp³-hybridized carbons (Fsp3) is 0.778. The molecule has 2 rings (SSSR count). The summed E-state index contributed by atoms with van der Waals surface area (Å²) in [6, 6.07) is 1.11. The molecular weight excluding hydrogens is 164 g/mol. The number of nitrogens with zero attached hydrogens (tertiary/aromatic N) is 3. The molecule has 1 aliphatic rings. The van der Waals surface area contributed by atoms with Gasteiger partial charge in [-0.1, -0.05) is 6.92 Å². The summed E-state index contributed by atoms with van der Waals surface area (Å²) in [5, 5.41) is 7.69. The first-order chi connectivity index (χ1) is 6.42.